The van der Waals surface area contributed by atoms with Crippen molar-refractivity contribution in [3.63, 3.8) is 0 Å². The fourth-order valence-corrected chi connectivity index (χ4v) is 3.92. The van der Waals surface area contributed by atoms with Gasteiger partial charge in [-0.3, -0.25) is 13.8 Å². The number of carbonyl (C=O) groups is 1. The highest BCUT2D eigenvalue weighted by molar-refractivity contribution is 7.85. The molecule has 1 saturated heterocycles. The van der Waals surface area contributed by atoms with E-state index >= 15 is 0 Å². The summed E-state index contributed by atoms with van der Waals surface area (Å²) in [6, 6.07) is 1.46. The number of hydrogen-bond donors (Lipinski definition) is 3. The van der Waals surface area contributed by atoms with E-state index in [2.05, 4.69) is 4.72 Å². The smallest absolute Gasteiger partial charge is 0.253 e. The Bertz CT molecular complexity index is 670. The van der Waals surface area contributed by atoms with Gasteiger partial charge in [-0.15, -0.1) is 0 Å². The van der Waals surface area contributed by atoms with E-state index in [1.165, 1.54) is 6.07 Å². The van der Waals surface area contributed by atoms with Crippen molar-refractivity contribution in [3.8, 4) is 5.75 Å². The maximum atomic E-state index is 14.8. The number of hydrogen-bond acceptors (Lipinski definition) is 5. The minimum absolute atomic E-state index is 0.0557. The van der Waals surface area contributed by atoms with Gasteiger partial charge in [-0.1, -0.05) is 0 Å². The lowest BCUT2D eigenvalue weighted by Gasteiger charge is -2.27. The Morgan fingerprint density at radius 1 is 1.57 bits per heavy atom. The number of carbonyl (C=O) groups excluding carboxylic acids is 1. The number of nitrogens with zero attached hydrogens (tertiary/aromatic N) is 1. The van der Waals surface area contributed by atoms with Gasteiger partial charge in [0, 0.05) is 6.54 Å². The molecule has 1 amide bonds. The topological polar surface area (TPSA) is 105 Å². The van der Waals surface area contributed by atoms with Crippen LogP contribution in [0.15, 0.2) is 6.07 Å². The lowest BCUT2D eigenvalue weighted by Crippen LogP contribution is -2.28. The predicted molar refractivity (Wildman–Crippen MR) is 82.5 cm³/mol. The van der Waals surface area contributed by atoms with Crippen molar-refractivity contribution in [2.24, 2.45) is 5.73 Å². The molecule has 1 aliphatic carbocycles. The van der Waals surface area contributed by atoms with Gasteiger partial charge in [0.25, 0.3) is 5.91 Å². The summed E-state index contributed by atoms with van der Waals surface area (Å²) in [5.41, 5.74) is 6.36. The van der Waals surface area contributed by atoms with E-state index in [4.69, 9.17) is 10.5 Å². The zero-order valence-electron chi connectivity index (χ0n) is 12.4. The molecule has 1 aromatic rings. The van der Waals surface area contributed by atoms with Crippen molar-refractivity contribution in [2.45, 2.75) is 25.4 Å². The van der Waals surface area contributed by atoms with Crippen LogP contribution in [0.4, 0.5) is 10.1 Å². The molecule has 23 heavy (non-hydrogen) atoms. The third-order valence-corrected chi connectivity index (χ3v) is 5.10. The summed E-state index contributed by atoms with van der Waals surface area (Å²) in [6.45, 7) is 0.606. The largest absolute Gasteiger partial charge is 0.506 e. The number of aromatic hydroxyl groups is 1. The molecule has 126 valence electrons. The zero-order chi connectivity index (χ0) is 16.6. The molecule has 1 heterocycles. The number of halogens is 1. The first-order chi connectivity index (χ1) is 11.0. The van der Waals surface area contributed by atoms with Crippen LogP contribution in [0.3, 0.4) is 0 Å². The Hall–Kier alpha value is -1.71. The molecular formula is C14H18FN3O4S. The Kier molecular flexibility index (Phi) is 4.51. The minimum Gasteiger partial charge on any atom is -0.506 e. The molecular weight excluding hydrogens is 325 g/mol. The summed E-state index contributed by atoms with van der Waals surface area (Å²) < 4.78 is 35.4. The second-order valence-electron chi connectivity index (χ2n) is 5.53. The van der Waals surface area contributed by atoms with E-state index in [9.17, 15) is 18.5 Å². The maximum absolute atomic E-state index is 14.8. The normalized spacial score (nSPS) is 23.7. The van der Waals surface area contributed by atoms with Crippen molar-refractivity contribution in [2.75, 3.05) is 24.0 Å². The van der Waals surface area contributed by atoms with Crippen LogP contribution in [0.2, 0.25) is 0 Å². The summed E-state index contributed by atoms with van der Waals surface area (Å²) in [4.78, 5) is 11.3. The van der Waals surface area contributed by atoms with Gasteiger partial charge in [-0.25, -0.2) is 8.60 Å². The van der Waals surface area contributed by atoms with Gasteiger partial charge < -0.3 is 15.6 Å². The highest BCUT2D eigenvalue weighted by Crippen LogP contribution is 2.39. The second-order valence-corrected chi connectivity index (χ2v) is 6.67. The SMILES string of the molecule is NCCOC1CCc2c(cc(O)c(N3CC(=O)NS3=O)c2F)C1. The Morgan fingerprint density at radius 2 is 2.35 bits per heavy atom. The molecule has 0 radical (unpaired) electrons. The first-order valence-corrected chi connectivity index (χ1v) is 8.45. The van der Waals surface area contributed by atoms with Crippen LogP contribution < -0.4 is 14.8 Å². The number of nitrogens with two attached hydrogens (primary N) is 1. The molecule has 9 heteroatoms. The van der Waals surface area contributed by atoms with E-state index in [0.29, 0.717) is 43.5 Å². The average Bonchev–Trinajstić information content (AvgIpc) is 2.83. The molecule has 4 N–H and O–H groups in total. The molecule has 3 rings (SSSR count). The van der Waals surface area contributed by atoms with Crippen molar-refractivity contribution in [1.82, 2.24) is 4.72 Å². The predicted octanol–water partition coefficient (Wildman–Crippen LogP) is -0.121. The number of rotatable bonds is 4. The number of phenolic OH excluding ortho intramolecular Hbond substituents is 1. The van der Waals surface area contributed by atoms with Crippen LogP contribution in [-0.2, 0) is 33.5 Å². The van der Waals surface area contributed by atoms with E-state index in [0.717, 1.165) is 4.31 Å². The Morgan fingerprint density at radius 3 is 3.00 bits per heavy atom. The summed E-state index contributed by atoms with van der Waals surface area (Å²) in [5.74, 6) is -1.43. The number of phenols is 1. The van der Waals surface area contributed by atoms with Gasteiger partial charge in [0.05, 0.1) is 12.7 Å². The molecule has 1 fully saturated rings. The van der Waals surface area contributed by atoms with Gasteiger partial charge in [0.1, 0.15) is 18.0 Å². The standard InChI is InChI=1S/C14H18FN3O4S/c15-13-10-2-1-9(22-4-3-16)5-8(10)6-11(19)14(13)18-7-12(20)17-23(18)21/h6,9,19H,1-5,7,16H2,(H,17,20). The van der Waals surface area contributed by atoms with Crippen LogP contribution in [-0.4, -0.2) is 41.0 Å². The van der Waals surface area contributed by atoms with Gasteiger partial charge in [0.2, 0.25) is 11.2 Å². The average molecular weight is 343 g/mol. The number of nitrogens with one attached hydrogen (secondary N) is 1. The monoisotopic (exact) mass is 343 g/mol. The number of amides is 1. The highest BCUT2D eigenvalue weighted by atomic mass is 32.2. The number of anilines is 1. The first-order valence-electron chi connectivity index (χ1n) is 7.35. The summed E-state index contributed by atoms with van der Waals surface area (Å²) in [7, 11) is 0. The van der Waals surface area contributed by atoms with Crippen molar-refractivity contribution < 1.29 is 23.2 Å². The van der Waals surface area contributed by atoms with Gasteiger partial charge in [0.15, 0.2) is 5.82 Å². The van der Waals surface area contributed by atoms with Crippen LogP contribution in [0.25, 0.3) is 0 Å². The molecule has 1 aromatic carbocycles. The molecule has 2 atom stereocenters. The van der Waals surface area contributed by atoms with Crippen molar-refractivity contribution in [3.05, 3.63) is 23.0 Å². The van der Waals surface area contributed by atoms with E-state index in [1.54, 1.807) is 0 Å². The van der Waals surface area contributed by atoms with Crippen LogP contribution >= 0.6 is 0 Å². The molecule has 1 aliphatic heterocycles. The lowest BCUT2D eigenvalue weighted by atomic mass is 9.88. The van der Waals surface area contributed by atoms with Crippen molar-refractivity contribution >= 4 is 22.8 Å². The fraction of sp³-hybridized carbons (Fsp3) is 0.500. The molecule has 2 unspecified atom stereocenters. The van der Waals surface area contributed by atoms with Crippen LogP contribution in [0, 0.1) is 5.82 Å². The third-order valence-electron chi connectivity index (χ3n) is 3.99. The molecule has 0 bridgehead atoms. The highest BCUT2D eigenvalue weighted by Gasteiger charge is 2.34. The summed E-state index contributed by atoms with van der Waals surface area (Å²) in [6.07, 6.45) is 1.53. The Labute approximate surface area is 135 Å². The minimum atomic E-state index is -1.88. The van der Waals surface area contributed by atoms with Crippen LogP contribution in [0.1, 0.15) is 17.5 Å². The molecule has 0 spiro atoms. The van der Waals surface area contributed by atoms with Gasteiger partial charge >= 0.3 is 0 Å². The molecule has 0 saturated carbocycles. The Balaban J connectivity index is 1.91. The van der Waals surface area contributed by atoms with E-state index in [1.807, 2.05) is 0 Å². The number of ether oxygens (including phenoxy) is 1. The quantitative estimate of drug-likeness (QED) is 0.707. The number of fused-ring (bicyclic) bond motifs is 1. The number of benzene rings is 1. The summed E-state index contributed by atoms with van der Waals surface area (Å²) in [5, 5.41) is 10.2. The van der Waals surface area contributed by atoms with Gasteiger partial charge in [-0.05, 0) is 36.5 Å². The van der Waals surface area contributed by atoms with E-state index in [-0.39, 0.29) is 24.1 Å². The zero-order valence-corrected chi connectivity index (χ0v) is 13.2. The fourth-order valence-electron chi connectivity index (χ4n) is 2.97. The molecule has 7 nitrogen and oxygen atoms in total. The van der Waals surface area contributed by atoms with E-state index < -0.39 is 22.9 Å². The first kappa shape index (κ1) is 16.2. The molecule has 0 aromatic heterocycles. The maximum Gasteiger partial charge on any atom is 0.253 e. The van der Waals surface area contributed by atoms with Gasteiger partial charge in [-0.2, -0.15) is 0 Å². The molecule has 2 aliphatic rings. The lowest BCUT2D eigenvalue weighted by molar-refractivity contribution is -0.117. The second kappa shape index (κ2) is 6.42. The third kappa shape index (κ3) is 3.04. The van der Waals surface area contributed by atoms with Crippen LogP contribution in [0.5, 0.6) is 5.75 Å². The van der Waals surface area contributed by atoms with Crippen molar-refractivity contribution in [1.29, 1.82) is 0 Å². The summed E-state index contributed by atoms with van der Waals surface area (Å²) >= 11 is -1.88.